The van der Waals surface area contributed by atoms with Crippen LogP contribution >= 0.6 is 8.58 Å². The molecule has 2 rings (SSSR count). The highest BCUT2D eigenvalue weighted by Gasteiger charge is 2.28. The molecule has 1 aromatic heterocycles. The number of hydrogen-bond acceptors (Lipinski definition) is 3. The third kappa shape index (κ3) is 3.67. The van der Waals surface area contributed by atoms with E-state index < -0.39 is 0 Å². The van der Waals surface area contributed by atoms with Gasteiger partial charge in [-0.2, -0.15) is 4.98 Å². The predicted octanol–water partition coefficient (Wildman–Crippen LogP) is 4.21. The lowest BCUT2D eigenvalue weighted by atomic mass is 10.1. The lowest BCUT2D eigenvalue weighted by molar-refractivity contribution is 0.346. The number of benzene rings is 1. The van der Waals surface area contributed by atoms with Crippen molar-refractivity contribution in [3.8, 4) is 0 Å². The molecule has 4 heteroatoms. The van der Waals surface area contributed by atoms with Crippen molar-refractivity contribution in [2.75, 3.05) is 0 Å². The minimum absolute atomic E-state index is 0.0883. The van der Waals surface area contributed by atoms with E-state index in [1.54, 1.807) is 0 Å². The standard InChI is InChI=1S/C16H23N2OP/c1-5-9-12(2)14-17-15(18-19-14)16(3,4)20-13-10-7-6-8-11-13/h6-8,10-12,20H,5,9H2,1-4H3. The Morgan fingerprint density at radius 2 is 1.95 bits per heavy atom. The van der Waals surface area contributed by atoms with Gasteiger partial charge in [0.1, 0.15) is 0 Å². The number of rotatable bonds is 6. The van der Waals surface area contributed by atoms with Crippen LogP contribution in [0.4, 0.5) is 0 Å². The zero-order chi connectivity index (χ0) is 14.6. The quantitative estimate of drug-likeness (QED) is 0.748. The predicted molar refractivity (Wildman–Crippen MR) is 85.0 cm³/mol. The summed E-state index contributed by atoms with van der Waals surface area (Å²) in [6.07, 6.45) is 2.22. The summed E-state index contributed by atoms with van der Waals surface area (Å²) in [6, 6.07) is 10.5. The van der Waals surface area contributed by atoms with Crippen molar-refractivity contribution < 1.29 is 4.52 Å². The van der Waals surface area contributed by atoms with Gasteiger partial charge in [-0.15, -0.1) is 0 Å². The molecule has 1 heterocycles. The van der Waals surface area contributed by atoms with Crippen molar-refractivity contribution in [2.24, 2.45) is 0 Å². The lowest BCUT2D eigenvalue weighted by Crippen LogP contribution is -2.16. The number of aromatic nitrogens is 2. The normalized spacial score (nSPS) is 14.0. The monoisotopic (exact) mass is 290 g/mol. The summed E-state index contributed by atoms with van der Waals surface area (Å²) in [4.78, 5) is 4.63. The van der Waals surface area contributed by atoms with Crippen molar-refractivity contribution in [2.45, 2.75) is 51.6 Å². The highest BCUT2D eigenvalue weighted by molar-refractivity contribution is 7.48. The van der Waals surface area contributed by atoms with Crippen LogP contribution in [0.25, 0.3) is 0 Å². The molecule has 2 atom stereocenters. The fraction of sp³-hybridized carbons (Fsp3) is 0.500. The molecule has 2 aromatic rings. The van der Waals surface area contributed by atoms with Gasteiger partial charge in [-0.25, -0.2) is 0 Å². The zero-order valence-electron chi connectivity index (χ0n) is 12.7. The van der Waals surface area contributed by atoms with Gasteiger partial charge in [0, 0.05) is 11.1 Å². The smallest absolute Gasteiger partial charge is 0.229 e. The Morgan fingerprint density at radius 3 is 2.60 bits per heavy atom. The fourth-order valence-corrected chi connectivity index (χ4v) is 3.48. The second-order valence-corrected chi connectivity index (χ2v) is 7.84. The topological polar surface area (TPSA) is 38.9 Å². The highest BCUT2D eigenvalue weighted by Crippen LogP contribution is 2.39. The average Bonchev–Trinajstić information content (AvgIpc) is 2.90. The lowest BCUT2D eigenvalue weighted by Gasteiger charge is -2.20. The maximum absolute atomic E-state index is 5.45. The Morgan fingerprint density at radius 1 is 1.25 bits per heavy atom. The highest BCUT2D eigenvalue weighted by atomic mass is 31.1. The SMILES string of the molecule is CCCC(C)c1nc(C(C)(C)Pc2ccccc2)no1. The van der Waals surface area contributed by atoms with Crippen molar-refractivity contribution >= 4 is 13.9 Å². The average molecular weight is 290 g/mol. The van der Waals surface area contributed by atoms with Gasteiger partial charge >= 0.3 is 0 Å². The first kappa shape index (κ1) is 15.2. The largest absolute Gasteiger partial charge is 0.339 e. The van der Waals surface area contributed by atoms with Gasteiger partial charge in [0.2, 0.25) is 5.89 Å². The molecule has 108 valence electrons. The van der Waals surface area contributed by atoms with Gasteiger partial charge in [-0.05, 0) is 25.6 Å². The van der Waals surface area contributed by atoms with Gasteiger partial charge < -0.3 is 4.52 Å². The van der Waals surface area contributed by atoms with E-state index in [2.05, 4.69) is 62.1 Å². The van der Waals surface area contributed by atoms with Crippen LogP contribution in [0, 0.1) is 0 Å². The first-order valence-electron chi connectivity index (χ1n) is 7.20. The molecule has 0 aliphatic heterocycles. The first-order valence-corrected chi connectivity index (χ1v) is 8.20. The molecular weight excluding hydrogens is 267 g/mol. The van der Waals surface area contributed by atoms with Crippen molar-refractivity contribution in [3.63, 3.8) is 0 Å². The van der Waals surface area contributed by atoms with E-state index in [4.69, 9.17) is 4.52 Å². The van der Waals surface area contributed by atoms with Crippen molar-refractivity contribution in [3.05, 3.63) is 42.0 Å². The summed E-state index contributed by atoms with van der Waals surface area (Å²) >= 11 is 0. The Labute approximate surface area is 123 Å². The maximum atomic E-state index is 5.45. The fourth-order valence-electron chi connectivity index (χ4n) is 2.18. The Kier molecular flexibility index (Phi) is 4.93. The van der Waals surface area contributed by atoms with Crippen LogP contribution < -0.4 is 5.30 Å². The molecule has 0 N–H and O–H groups in total. The molecule has 0 aliphatic carbocycles. The molecule has 0 spiro atoms. The summed E-state index contributed by atoms with van der Waals surface area (Å²) in [5.74, 6) is 1.93. The molecule has 0 saturated heterocycles. The molecule has 0 amide bonds. The zero-order valence-corrected chi connectivity index (χ0v) is 13.7. The Hall–Kier alpha value is -1.21. The molecule has 0 radical (unpaired) electrons. The molecule has 1 aromatic carbocycles. The molecule has 3 nitrogen and oxygen atoms in total. The molecular formula is C16H23N2OP. The Bertz CT molecular complexity index is 536. The molecule has 0 saturated carbocycles. The van der Waals surface area contributed by atoms with Crippen LogP contribution in [-0.2, 0) is 5.16 Å². The Balaban J connectivity index is 2.13. The van der Waals surface area contributed by atoms with Gasteiger partial charge in [0.05, 0.1) is 0 Å². The third-order valence-corrected chi connectivity index (χ3v) is 4.85. The second-order valence-electron chi connectivity index (χ2n) is 5.76. The third-order valence-electron chi connectivity index (χ3n) is 3.37. The van der Waals surface area contributed by atoms with Crippen molar-refractivity contribution in [1.82, 2.24) is 10.1 Å². The van der Waals surface area contributed by atoms with Crippen LogP contribution in [0.15, 0.2) is 34.9 Å². The van der Waals surface area contributed by atoms with Crippen LogP contribution in [0.3, 0.4) is 0 Å². The molecule has 0 fully saturated rings. The van der Waals surface area contributed by atoms with Crippen LogP contribution in [0.2, 0.25) is 0 Å². The van der Waals surface area contributed by atoms with Gasteiger partial charge in [-0.1, -0.05) is 64.3 Å². The van der Waals surface area contributed by atoms with Gasteiger partial charge in [0.15, 0.2) is 5.82 Å². The summed E-state index contributed by atoms with van der Waals surface area (Å²) in [5, 5.41) is 5.44. The van der Waals surface area contributed by atoms with E-state index in [1.165, 1.54) is 5.30 Å². The van der Waals surface area contributed by atoms with Crippen LogP contribution in [0.5, 0.6) is 0 Å². The molecule has 0 bridgehead atoms. The second kappa shape index (κ2) is 6.49. The van der Waals surface area contributed by atoms with Gasteiger partial charge in [0.25, 0.3) is 0 Å². The summed E-state index contributed by atoms with van der Waals surface area (Å²) in [7, 11) is 0.631. The van der Waals surface area contributed by atoms with E-state index in [0.717, 1.165) is 24.6 Å². The van der Waals surface area contributed by atoms with Crippen LogP contribution in [0.1, 0.15) is 58.2 Å². The minimum atomic E-state index is -0.0883. The maximum Gasteiger partial charge on any atom is 0.229 e. The van der Waals surface area contributed by atoms with E-state index >= 15 is 0 Å². The first-order chi connectivity index (χ1) is 9.53. The van der Waals surface area contributed by atoms with E-state index in [-0.39, 0.29) is 5.16 Å². The molecule has 20 heavy (non-hydrogen) atoms. The van der Waals surface area contributed by atoms with Gasteiger partial charge in [-0.3, -0.25) is 0 Å². The van der Waals surface area contributed by atoms with E-state index in [0.29, 0.717) is 14.5 Å². The number of nitrogens with zero attached hydrogens (tertiary/aromatic N) is 2. The summed E-state index contributed by atoms with van der Waals surface area (Å²) in [6.45, 7) is 8.68. The minimum Gasteiger partial charge on any atom is -0.339 e. The molecule has 0 aliphatic rings. The molecule has 2 unspecified atom stereocenters. The summed E-state index contributed by atoms with van der Waals surface area (Å²) in [5.41, 5.74) is 0. The summed E-state index contributed by atoms with van der Waals surface area (Å²) < 4.78 is 5.45. The van der Waals surface area contributed by atoms with Crippen LogP contribution in [-0.4, -0.2) is 10.1 Å². The van der Waals surface area contributed by atoms with E-state index in [1.807, 2.05) is 6.07 Å². The van der Waals surface area contributed by atoms with E-state index in [9.17, 15) is 0 Å². The number of hydrogen-bond donors (Lipinski definition) is 0. The van der Waals surface area contributed by atoms with Crippen molar-refractivity contribution in [1.29, 1.82) is 0 Å².